The van der Waals surface area contributed by atoms with E-state index >= 15 is 0 Å². The Kier molecular flexibility index (Phi) is 3.54. The van der Waals surface area contributed by atoms with Crippen LogP contribution in [0, 0.1) is 5.82 Å². The first-order valence-corrected chi connectivity index (χ1v) is 5.64. The number of halogens is 1. The van der Waals surface area contributed by atoms with Crippen LogP contribution in [0.4, 0.5) is 4.39 Å². The van der Waals surface area contributed by atoms with Crippen LogP contribution in [-0.2, 0) is 4.79 Å². The highest BCUT2D eigenvalue weighted by atomic mass is 19.1. The fourth-order valence-corrected chi connectivity index (χ4v) is 1.88. The summed E-state index contributed by atoms with van der Waals surface area (Å²) in [5.41, 5.74) is 0.515. The van der Waals surface area contributed by atoms with Crippen molar-refractivity contribution in [1.29, 1.82) is 0 Å². The smallest absolute Gasteiger partial charge is 0.254 e. The van der Waals surface area contributed by atoms with E-state index in [2.05, 4.69) is 11.9 Å². The van der Waals surface area contributed by atoms with E-state index in [0.717, 1.165) is 13.1 Å². The van der Waals surface area contributed by atoms with E-state index in [-0.39, 0.29) is 17.0 Å². The predicted octanol–water partition coefficient (Wildman–Crippen LogP) is 1.27. The summed E-state index contributed by atoms with van der Waals surface area (Å²) >= 11 is 0. The second-order valence-corrected chi connectivity index (χ2v) is 4.00. The molecule has 90 valence electrons. The number of carbonyl (C=O) groups excluding carboxylic acids is 1. The Labute approximate surface area is 99.9 Å². The molecule has 1 aromatic carbocycles. The van der Waals surface area contributed by atoms with E-state index in [1.54, 1.807) is 23.1 Å². The summed E-state index contributed by atoms with van der Waals surface area (Å²) in [6.07, 6.45) is 0. The van der Waals surface area contributed by atoms with Gasteiger partial charge in [0.15, 0.2) is 0 Å². The van der Waals surface area contributed by atoms with Crippen LogP contribution in [0.2, 0.25) is 0 Å². The third-order valence-electron chi connectivity index (χ3n) is 2.86. The first kappa shape index (κ1) is 11.8. The molecule has 2 rings (SSSR count). The number of hydrogen-bond donors (Lipinski definition) is 1. The van der Waals surface area contributed by atoms with Gasteiger partial charge >= 0.3 is 0 Å². The lowest BCUT2D eigenvalue weighted by Gasteiger charge is -2.28. The van der Waals surface area contributed by atoms with E-state index in [1.165, 1.54) is 6.07 Å². The average molecular weight is 234 g/mol. The molecular formula is C13H15FN2O. The van der Waals surface area contributed by atoms with Crippen molar-refractivity contribution in [3.63, 3.8) is 0 Å². The summed E-state index contributed by atoms with van der Waals surface area (Å²) in [6.45, 7) is 6.55. The zero-order valence-electron chi connectivity index (χ0n) is 9.58. The molecule has 1 amide bonds. The van der Waals surface area contributed by atoms with Gasteiger partial charge in [-0.05, 0) is 6.07 Å². The molecule has 0 unspecified atom stereocenters. The molecule has 0 spiro atoms. The van der Waals surface area contributed by atoms with Crippen LogP contribution >= 0.6 is 0 Å². The highest BCUT2D eigenvalue weighted by Gasteiger charge is 2.21. The third-order valence-corrected chi connectivity index (χ3v) is 2.86. The van der Waals surface area contributed by atoms with Crippen LogP contribution < -0.4 is 5.32 Å². The van der Waals surface area contributed by atoms with Gasteiger partial charge in [-0.25, -0.2) is 4.39 Å². The fraction of sp³-hybridized carbons (Fsp3) is 0.308. The number of amides is 1. The molecule has 1 aliphatic heterocycles. The standard InChI is InChI=1S/C13H15FN2O/c1-10(11-4-2-3-5-12(11)14)13(17)16-8-6-15-7-9-16/h2-5,15H,1,6-9H2. The van der Waals surface area contributed by atoms with Gasteiger partial charge in [-0.2, -0.15) is 0 Å². The van der Waals surface area contributed by atoms with Crippen molar-refractivity contribution >= 4 is 11.5 Å². The monoisotopic (exact) mass is 234 g/mol. The van der Waals surface area contributed by atoms with Crippen LogP contribution in [0.1, 0.15) is 5.56 Å². The lowest BCUT2D eigenvalue weighted by molar-refractivity contribution is -0.125. The van der Waals surface area contributed by atoms with E-state index in [1.807, 2.05) is 0 Å². The lowest BCUT2D eigenvalue weighted by Crippen LogP contribution is -2.46. The molecule has 1 heterocycles. The molecule has 0 atom stereocenters. The maximum atomic E-state index is 13.5. The second-order valence-electron chi connectivity index (χ2n) is 4.00. The molecule has 1 aliphatic rings. The minimum atomic E-state index is -0.402. The molecule has 0 saturated carbocycles. The summed E-state index contributed by atoms with van der Waals surface area (Å²) in [7, 11) is 0. The molecule has 0 radical (unpaired) electrons. The summed E-state index contributed by atoms with van der Waals surface area (Å²) in [5.74, 6) is -0.586. The Morgan fingerprint density at radius 3 is 2.59 bits per heavy atom. The van der Waals surface area contributed by atoms with Crippen molar-refractivity contribution < 1.29 is 9.18 Å². The van der Waals surface area contributed by atoms with Crippen molar-refractivity contribution in [2.45, 2.75) is 0 Å². The SMILES string of the molecule is C=C(C(=O)N1CCNCC1)c1ccccc1F. The highest BCUT2D eigenvalue weighted by Crippen LogP contribution is 2.18. The molecule has 3 nitrogen and oxygen atoms in total. The van der Waals surface area contributed by atoms with E-state index in [9.17, 15) is 9.18 Å². The molecule has 1 saturated heterocycles. The number of nitrogens with one attached hydrogen (secondary N) is 1. The van der Waals surface area contributed by atoms with Crippen molar-refractivity contribution in [1.82, 2.24) is 10.2 Å². The maximum absolute atomic E-state index is 13.5. The van der Waals surface area contributed by atoms with Crippen LogP contribution in [0.3, 0.4) is 0 Å². The van der Waals surface area contributed by atoms with Gasteiger partial charge in [-0.3, -0.25) is 4.79 Å². The van der Waals surface area contributed by atoms with Gasteiger partial charge in [0.25, 0.3) is 5.91 Å². The fourth-order valence-electron chi connectivity index (χ4n) is 1.88. The zero-order valence-corrected chi connectivity index (χ0v) is 9.58. The summed E-state index contributed by atoms with van der Waals surface area (Å²) in [4.78, 5) is 13.8. The lowest BCUT2D eigenvalue weighted by atomic mass is 10.1. The summed E-state index contributed by atoms with van der Waals surface area (Å²) < 4.78 is 13.5. The summed E-state index contributed by atoms with van der Waals surface area (Å²) in [6, 6.07) is 6.22. The average Bonchev–Trinajstić information content (AvgIpc) is 2.39. The number of benzene rings is 1. The van der Waals surface area contributed by atoms with Gasteiger partial charge in [-0.1, -0.05) is 24.8 Å². The largest absolute Gasteiger partial charge is 0.336 e. The van der Waals surface area contributed by atoms with Gasteiger partial charge in [0.05, 0.1) is 0 Å². The van der Waals surface area contributed by atoms with Crippen LogP contribution in [-0.4, -0.2) is 37.0 Å². The predicted molar refractivity (Wildman–Crippen MR) is 64.9 cm³/mol. The molecule has 0 bridgehead atoms. The Balaban J connectivity index is 2.14. The first-order valence-electron chi connectivity index (χ1n) is 5.64. The quantitative estimate of drug-likeness (QED) is 0.782. The van der Waals surface area contributed by atoms with Gasteiger partial charge in [-0.15, -0.1) is 0 Å². The van der Waals surface area contributed by atoms with Crippen LogP contribution in [0.5, 0.6) is 0 Å². The molecule has 17 heavy (non-hydrogen) atoms. The molecular weight excluding hydrogens is 219 g/mol. The van der Waals surface area contributed by atoms with Gasteiger partial charge in [0, 0.05) is 37.3 Å². The topological polar surface area (TPSA) is 32.3 Å². The van der Waals surface area contributed by atoms with Crippen LogP contribution in [0.25, 0.3) is 5.57 Å². The number of rotatable bonds is 2. The van der Waals surface area contributed by atoms with Crippen molar-refractivity contribution in [3.8, 4) is 0 Å². The van der Waals surface area contributed by atoms with Crippen molar-refractivity contribution in [2.24, 2.45) is 0 Å². The first-order chi connectivity index (χ1) is 8.20. The summed E-state index contributed by atoms with van der Waals surface area (Å²) in [5, 5.41) is 3.16. The van der Waals surface area contributed by atoms with Crippen LogP contribution in [0.15, 0.2) is 30.8 Å². The number of piperazine rings is 1. The molecule has 4 heteroatoms. The minimum absolute atomic E-state index is 0.184. The van der Waals surface area contributed by atoms with Gasteiger partial charge < -0.3 is 10.2 Å². The molecule has 0 aromatic heterocycles. The minimum Gasteiger partial charge on any atom is -0.336 e. The van der Waals surface area contributed by atoms with Gasteiger partial charge in [0.1, 0.15) is 5.82 Å². The Morgan fingerprint density at radius 2 is 1.94 bits per heavy atom. The second kappa shape index (κ2) is 5.10. The van der Waals surface area contributed by atoms with Crippen molar-refractivity contribution in [2.75, 3.05) is 26.2 Å². The maximum Gasteiger partial charge on any atom is 0.254 e. The van der Waals surface area contributed by atoms with Gasteiger partial charge in [0.2, 0.25) is 0 Å². The highest BCUT2D eigenvalue weighted by molar-refractivity contribution is 6.18. The van der Waals surface area contributed by atoms with Crippen molar-refractivity contribution in [3.05, 3.63) is 42.2 Å². The molecule has 1 aromatic rings. The van der Waals surface area contributed by atoms with E-state index in [0.29, 0.717) is 13.1 Å². The normalized spacial score (nSPS) is 15.7. The Hall–Kier alpha value is -1.68. The van der Waals surface area contributed by atoms with E-state index in [4.69, 9.17) is 0 Å². The third kappa shape index (κ3) is 2.53. The Bertz CT molecular complexity index is 439. The number of nitrogens with zero attached hydrogens (tertiary/aromatic N) is 1. The zero-order chi connectivity index (χ0) is 12.3. The Morgan fingerprint density at radius 1 is 1.29 bits per heavy atom. The molecule has 0 aliphatic carbocycles. The number of hydrogen-bond acceptors (Lipinski definition) is 2. The number of carbonyl (C=O) groups is 1. The molecule has 1 N–H and O–H groups in total. The molecule has 1 fully saturated rings. The van der Waals surface area contributed by atoms with E-state index < -0.39 is 5.82 Å².